The van der Waals surface area contributed by atoms with E-state index in [1.807, 2.05) is 43.0 Å². The highest BCUT2D eigenvalue weighted by Crippen LogP contribution is 2.23. The van der Waals surface area contributed by atoms with E-state index in [1.165, 1.54) is 5.56 Å². The fourth-order valence-corrected chi connectivity index (χ4v) is 4.07. The lowest BCUT2D eigenvalue weighted by molar-refractivity contribution is 0.323. The van der Waals surface area contributed by atoms with Gasteiger partial charge in [-0.25, -0.2) is 13.4 Å². The molecule has 25 heavy (non-hydrogen) atoms. The monoisotopic (exact) mass is 367 g/mol. The van der Waals surface area contributed by atoms with Gasteiger partial charge in [0.05, 0.1) is 17.0 Å². The van der Waals surface area contributed by atoms with Gasteiger partial charge in [-0.3, -0.25) is 0 Å². The highest BCUT2D eigenvalue weighted by molar-refractivity contribution is 7.92. The van der Waals surface area contributed by atoms with Gasteiger partial charge in [-0.2, -0.15) is 0 Å². The summed E-state index contributed by atoms with van der Waals surface area (Å²) in [7, 11) is -3.06. The van der Waals surface area contributed by atoms with Crippen molar-refractivity contribution >= 4 is 15.8 Å². The molecule has 1 aromatic carbocycles. The third kappa shape index (κ3) is 5.11. The highest BCUT2D eigenvalue weighted by atomic mass is 32.2. The van der Waals surface area contributed by atoms with Gasteiger partial charge in [0.15, 0.2) is 15.8 Å². The molecule has 2 rings (SSSR count). The first-order valence-electron chi connectivity index (χ1n) is 8.70. The quantitative estimate of drug-likeness (QED) is 0.489. The fraction of sp³-hybridized carbons (Fsp3) is 0.611. The molecule has 0 unspecified atom stereocenters. The number of aliphatic imine (C=N–C) groups is 1. The predicted octanol–water partition coefficient (Wildman–Crippen LogP) is 1.85. The minimum Gasteiger partial charge on any atom is -0.492 e. The van der Waals surface area contributed by atoms with E-state index < -0.39 is 14.6 Å². The van der Waals surface area contributed by atoms with Crippen LogP contribution >= 0.6 is 0 Å². The summed E-state index contributed by atoms with van der Waals surface area (Å²) in [6.07, 6.45) is 0. The zero-order valence-electron chi connectivity index (χ0n) is 15.6. The van der Waals surface area contributed by atoms with Crippen molar-refractivity contribution in [3.63, 3.8) is 0 Å². The molecule has 0 aromatic heterocycles. The van der Waals surface area contributed by atoms with E-state index in [2.05, 4.69) is 10.3 Å². The normalized spacial score (nSPS) is 19.5. The Labute approximate surface area is 151 Å². The van der Waals surface area contributed by atoms with Gasteiger partial charge in [-0.05, 0) is 39.8 Å². The summed E-state index contributed by atoms with van der Waals surface area (Å²) in [5.74, 6) is 1.73. The van der Waals surface area contributed by atoms with E-state index in [4.69, 9.17) is 4.74 Å². The molecule has 0 amide bonds. The van der Waals surface area contributed by atoms with Crippen molar-refractivity contribution in [2.45, 2.75) is 32.4 Å². The molecule has 0 bridgehead atoms. The number of guanidine groups is 1. The Kier molecular flexibility index (Phi) is 6.32. The summed E-state index contributed by atoms with van der Waals surface area (Å²) in [6.45, 7) is 10.2. The van der Waals surface area contributed by atoms with Crippen LogP contribution in [-0.2, 0) is 9.84 Å². The van der Waals surface area contributed by atoms with Crippen molar-refractivity contribution in [3.05, 3.63) is 29.8 Å². The second-order valence-electron chi connectivity index (χ2n) is 6.90. The Morgan fingerprint density at radius 3 is 2.60 bits per heavy atom. The maximum atomic E-state index is 12.2. The van der Waals surface area contributed by atoms with Crippen molar-refractivity contribution in [2.75, 3.05) is 38.5 Å². The maximum absolute atomic E-state index is 12.2. The molecular formula is C18H29N3O3S. The van der Waals surface area contributed by atoms with Gasteiger partial charge in [0.25, 0.3) is 0 Å². The number of hydrogen-bond acceptors (Lipinski definition) is 4. The molecule has 6 nitrogen and oxygen atoms in total. The lowest BCUT2D eigenvalue weighted by atomic mass is 10.2. The largest absolute Gasteiger partial charge is 0.492 e. The zero-order chi connectivity index (χ0) is 18.5. The van der Waals surface area contributed by atoms with Gasteiger partial charge in [-0.15, -0.1) is 0 Å². The van der Waals surface area contributed by atoms with Crippen LogP contribution in [0.25, 0.3) is 0 Å². The van der Waals surface area contributed by atoms with Crippen LogP contribution in [0.4, 0.5) is 0 Å². The Balaban J connectivity index is 1.95. The third-order valence-corrected chi connectivity index (χ3v) is 6.85. The van der Waals surface area contributed by atoms with Crippen molar-refractivity contribution < 1.29 is 13.2 Å². The number of nitrogens with one attached hydrogen (secondary N) is 1. The van der Waals surface area contributed by atoms with E-state index in [9.17, 15) is 8.42 Å². The Morgan fingerprint density at radius 2 is 2.00 bits per heavy atom. The number of rotatable bonds is 5. The van der Waals surface area contributed by atoms with E-state index in [-0.39, 0.29) is 5.75 Å². The molecule has 1 saturated heterocycles. The minimum atomic E-state index is -3.06. The van der Waals surface area contributed by atoms with Gasteiger partial charge < -0.3 is 15.0 Å². The minimum absolute atomic E-state index is 0.157. The maximum Gasteiger partial charge on any atom is 0.194 e. The van der Waals surface area contributed by atoms with Crippen molar-refractivity contribution in [2.24, 2.45) is 4.99 Å². The summed E-state index contributed by atoms with van der Waals surface area (Å²) in [5, 5.41) is 3.25. The molecule has 1 N–H and O–H groups in total. The summed E-state index contributed by atoms with van der Waals surface area (Å²) >= 11 is 0. The molecule has 0 aliphatic carbocycles. The van der Waals surface area contributed by atoms with Crippen LogP contribution in [0.5, 0.6) is 5.75 Å². The summed E-state index contributed by atoms with van der Waals surface area (Å²) in [6, 6.07) is 7.92. The van der Waals surface area contributed by atoms with Crippen LogP contribution in [0.15, 0.2) is 29.3 Å². The smallest absolute Gasteiger partial charge is 0.194 e. The van der Waals surface area contributed by atoms with E-state index in [0.717, 1.165) is 18.3 Å². The van der Waals surface area contributed by atoms with Crippen molar-refractivity contribution in [3.8, 4) is 5.75 Å². The molecule has 140 valence electrons. The standard InChI is InChI=1S/C18H29N3O3S/c1-5-19-17(21-11-13-25(22,23)18(3,4)14-21)20-10-12-24-16-8-6-15(2)7-9-16/h6-9H,5,10-14H2,1-4H3,(H,19,20). The molecule has 1 aliphatic rings. The molecule has 0 saturated carbocycles. The first kappa shape index (κ1) is 19.6. The summed E-state index contributed by atoms with van der Waals surface area (Å²) in [5.41, 5.74) is 1.20. The molecule has 1 fully saturated rings. The van der Waals surface area contributed by atoms with Gasteiger partial charge in [0.2, 0.25) is 0 Å². The third-order valence-electron chi connectivity index (χ3n) is 4.32. The van der Waals surface area contributed by atoms with Gasteiger partial charge >= 0.3 is 0 Å². The SMILES string of the molecule is CCNC(=NCCOc1ccc(C)cc1)N1CCS(=O)(=O)C(C)(C)C1. The number of sulfone groups is 1. The van der Waals surface area contributed by atoms with Crippen LogP contribution in [0.2, 0.25) is 0 Å². The molecule has 7 heteroatoms. The van der Waals surface area contributed by atoms with Crippen LogP contribution in [0, 0.1) is 6.92 Å². The first-order chi connectivity index (χ1) is 11.7. The fourth-order valence-electron chi connectivity index (χ4n) is 2.70. The number of aryl methyl sites for hydroxylation is 1. The van der Waals surface area contributed by atoms with Crippen LogP contribution in [-0.4, -0.2) is 62.6 Å². The number of ether oxygens (including phenoxy) is 1. The van der Waals surface area contributed by atoms with Gasteiger partial charge in [0.1, 0.15) is 12.4 Å². The molecule has 1 aliphatic heterocycles. The Bertz CT molecular complexity index is 697. The Morgan fingerprint density at radius 1 is 1.32 bits per heavy atom. The second-order valence-corrected chi connectivity index (χ2v) is 9.64. The van der Waals surface area contributed by atoms with E-state index >= 15 is 0 Å². The van der Waals surface area contributed by atoms with Gasteiger partial charge in [0, 0.05) is 19.6 Å². The second kappa shape index (κ2) is 8.08. The summed E-state index contributed by atoms with van der Waals surface area (Å²) in [4.78, 5) is 6.62. The van der Waals surface area contributed by atoms with E-state index in [0.29, 0.717) is 26.2 Å². The number of nitrogens with zero attached hydrogens (tertiary/aromatic N) is 2. The van der Waals surface area contributed by atoms with Crippen LogP contribution in [0.1, 0.15) is 26.3 Å². The molecule has 1 heterocycles. The molecule has 0 spiro atoms. The molecule has 0 atom stereocenters. The van der Waals surface area contributed by atoms with Crippen molar-refractivity contribution in [1.29, 1.82) is 0 Å². The number of hydrogen-bond donors (Lipinski definition) is 1. The van der Waals surface area contributed by atoms with Crippen LogP contribution < -0.4 is 10.1 Å². The molecular weight excluding hydrogens is 338 g/mol. The zero-order valence-corrected chi connectivity index (χ0v) is 16.4. The average molecular weight is 368 g/mol. The molecule has 0 radical (unpaired) electrons. The first-order valence-corrected chi connectivity index (χ1v) is 10.4. The van der Waals surface area contributed by atoms with Crippen LogP contribution in [0.3, 0.4) is 0 Å². The lowest BCUT2D eigenvalue weighted by Crippen LogP contribution is -2.57. The highest BCUT2D eigenvalue weighted by Gasteiger charge is 2.40. The Hall–Kier alpha value is -1.76. The lowest BCUT2D eigenvalue weighted by Gasteiger charge is -2.39. The summed E-state index contributed by atoms with van der Waals surface area (Å²) < 4.78 is 29.3. The molecule has 1 aromatic rings. The van der Waals surface area contributed by atoms with Crippen molar-refractivity contribution in [1.82, 2.24) is 10.2 Å². The van der Waals surface area contributed by atoms with Gasteiger partial charge in [-0.1, -0.05) is 17.7 Å². The topological polar surface area (TPSA) is 71.0 Å². The number of benzene rings is 1. The average Bonchev–Trinajstić information content (AvgIpc) is 2.55. The van der Waals surface area contributed by atoms with E-state index in [1.54, 1.807) is 13.8 Å². The predicted molar refractivity (Wildman–Crippen MR) is 102 cm³/mol.